The Morgan fingerprint density at radius 1 is 1.17 bits per heavy atom. The lowest BCUT2D eigenvalue weighted by molar-refractivity contribution is -0.133. The van der Waals surface area contributed by atoms with Crippen LogP contribution in [0.4, 0.5) is 0 Å². The highest BCUT2D eigenvalue weighted by Crippen LogP contribution is 2.17. The third-order valence-corrected chi connectivity index (χ3v) is 4.48. The van der Waals surface area contributed by atoms with Crippen molar-refractivity contribution in [3.05, 3.63) is 48.2 Å². The third kappa shape index (κ3) is 2.40. The lowest BCUT2D eigenvalue weighted by Crippen LogP contribution is -2.40. The van der Waals surface area contributed by atoms with Gasteiger partial charge >= 0.3 is 0 Å². The molecular weight excluding hydrogens is 290 g/mol. The van der Waals surface area contributed by atoms with Crippen molar-refractivity contribution in [1.82, 2.24) is 24.2 Å². The molecule has 0 fully saturated rings. The molecule has 0 spiro atoms. The molecule has 0 radical (unpaired) electrons. The molecule has 0 bridgehead atoms. The Morgan fingerprint density at radius 2 is 2.04 bits per heavy atom. The Balaban J connectivity index is 1.52. The van der Waals surface area contributed by atoms with Gasteiger partial charge in [0.1, 0.15) is 12.4 Å². The molecule has 0 atom stereocenters. The maximum absolute atomic E-state index is 12.6. The lowest BCUT2D eigenvalue weighted by atomic mass is 10.2. The number of carbonyl (C=O) groups excluding carboxylic acids is 1. The number of nitrogens with zero attached hydrogens (tertiary/aromatic N) is 5. The second-order valence-corrected chi connectivity index (χ2v) is 5.86. The van der Waals surface area contributed by atoms with Crippen LogP contribution < -0.4 is 0 Å². The van der Waals surface area contributed by atoms with Crippen molar-refractivity contribution in [3.63, 3.8) is 0 Å². The summed E-state index contributed by atoms with van der Waals surface area (Å²) in [5.74, 6) is 2.01. The molecular formula is C17H19N5O. The van der Waals surface area contributed by atoms with Crippen molar-refractivity contribution < 1.29 is 4.79 Å². The van der Waals surface area contributed by atoms with Gasteiger partial charge in [0, 0.05) is 31.2 Å². The van der Waals surface area contributed by atoms with Crippen LogP contribution in [0.15, 0.2) is 36.5 Å². The number of hydrogen-bond acceptors (Lipinski definition) is 3. The molecule has 4 rings (SSSR count). The van der Waals surface area contributed by atoms with Crippen LogP contribution in [0.3, 0.4) is 0 Å². The summed E-state index contributed by atoms with van der Waals surface area (Å²) < 4.78 is 4.14. The minimum atomic E-state index is 0.124. The molecule has 0 unspecified atom stereocenters. The Labute approximate surface area is 134 Å². The number of aryl methyl sites for hydroxylation is 1. The maximum atomic E-state index is 12.6. The van der Waals surface area contributed by atoms with E-state index in [0.717, 1.165) is 42.1 Å². The van der Waals surface area contributed by atoms with Crippen molar-refractivity contribution in [2.45, 2.75) is 33.0 Å². The Morgan fingerprint density at radius 3 is 2.91 bits per heavy atom. The van der Waals surface area contributed by atoms with Crippen molar-refractivity contribution in [2.75, 3.05) is 6.54 Å². The molecule has 3 heterocycles. The number of benzene rings is 1. The number of hydrogen-bond donors (Lipinski definition) is 0. The summed E-state index contributed by atoms with van der Waals surface area (Å²) >= 11 is 0. The number of fused-ring (bicyclic) bond motifs is 2. The van der Waals surface area contributed by atoms with E-state index in [-0.39, 0.29) is 5.91 Å². The molecule has 1 aromatic carbocycles. The van der Waals surface area contributed by atoms with Crippen LogP contribution in [0, 0.1) is 0 Å². The molecule has 0 aliphatic carbocycles. The molecule has 1 aliphatic rings. The van der Waals surface area contributed by atoms with Crippen LogP contribution in [0.25, 0.3) is 10.9 Å². The van der Waals surface area contributed by atoms with Gasteiger partial charge in [-0.1, -0.05) is 25.1 Å². The Kier molecular flexibility index (Phi) is 3.37. The summed E-state index contributed by atoms with van der Waals surface area (Å²) in [5.41, 5.74) is 1.09. The largest absolute Gasteiger partial charge is 0.338 e. The van der Waals surface area contributed by atoms with Crippen LogP contribution in [0.5, 0.6) is 0 Å². The fourth-order valence-corrected chi connectivity index (χ4v) is 3.22. The van der Waals surface area contributed by atoms with E-state index in [1.165, 1.54) is 0 Å². The number of carbonyl (C=O) groups is 1. The zero-order chi connectivity index (χ0) is 15.8. The second kappa shape index (κ2) is 5.53. The number of rotatable bonds is 3. The van der Waals surface area contributed by atoms with E-state index in [1.54, 1.807) is 0 Å². The number of aromatic nitrogens is 4. The lowest BCUT2D eigenvalue weighted by Gasteiger charge is -2.28. The van der Waals surface area contributed by atoms with Crippen molar-refractivity contribution in [2.24, 2.45) is 0 Å². The van der Waals surface area contributed by atoms with Crippen LogP contribution in [0.1, 0.15) is 18.6 Å². The van der Waals surface area contributed by atoms with Gasteiger partial charge < -0.3 is 14.0 Å². The number of amides is 1. The van der Waals surface area contributed by atoms with Crippen molar-refractivity contribution in [1.29, 1.82) is 0 Å². The van der Waals surface area contributed by atoms with E-state index < -0.39 is 0 Å². The topological polar surface area (TPSA) is 56.0 Å². The van der Waals surface area contributed by atoms with Gasteiger partial charge in [0.2, 0.25) is 5.91 Å². The molecule has 1 amide bonds. The molecule has 2 aromatic heterocycles. The molecule has 6 heteroatoms. The summed E-state index contributed by atoms with van der Waals surface area (Å²) in [6, 6.07) is 10.2. The molecule has 118 valence electrons. The van der Waals surface area contributed by atoms with Gasteiger partial charge in [-0.05, 0) is 17.5 Å². The van der Waals surface area contributed by atoms with Crippen LogP contribution in [-0.4, -0.2) is 36.7 Å². The predicted molar refractivity (Wildman–Crippen MR) is 86.8 cm³/mol. The SMILES string of the molecule is CCc1nnc2n1CCN(C(=O)Cn1ccc3ccccc31)C2. The summed E-state index contributed by atoms with van der Waals surface area (Å²) in [6.07, 6.45) is 2.85. The summed E-state index contributed by atoms with van der Waals surface area (Å²) in [6.45, 7) is 4.49. The van der Waals surface area contributed by atoms with Crippen LogP contribution in [-0.2, 0) is 30.8 Å². The van der Waals surface area contributed by atoms with E-state index in [1.807, 2.05) is 39.9 Å². The van der Waals surface area contributed by atoms with Gasteiger partial charge in [0.05, 0.1) is 6.54 Å². The quantitative estimate of drug-likeness (QED) is 0.742. The van der Waals surface area contributed by atoms with Gasteiger partial charge in [-0.3, -0.25) is 4.79 Å². The highest BCUT2D eigenvalue weighted by atomic mass is 16.2. The minimum Gasteiger partial charge on any atom is -0.338 e. The average molecular weight is 309 g/mol. The molecule has 23 heavy (non-hydrogen) atoms. The second-order valence-electron chi connectivity index (χ2n) is 5.86. The van der Waals surface area contributed by atoms with Crippen molar-refractivity contribution in [3.8, 4) is 0 Å². The first-order valence-corrected chi connectivity index (χ1v) is 7.99. The molecule has 1 aliphatic heterocycles. The number of para-hydroxylation sites is 1. The van der Waals surface area contributed by atoms with E-state index >= 15 is 0 Å². The smallest absolute Gasteiger partial charge is 0.242 e. The standard InChI is InChI=1S/C17H19N5O/c1-2-15-18-19-16-11-21(9-10-22(15)16)17(23)12-20-8-7-13-5-3-4-6-14(13)20/h3-8H,2,9-12H2,1H3. The van der Waals surface area contributed by atoms with Gasteiger partial charge in [0.25, 0.3) is 0 Å². The minimum absolute atomic E-state index is 0.124. The Hall–Kier alpha value is -2.63. The maximum Gasteiger partial charge on any atom is 0.242 e. The molecule has 0 saturated heterocycles. The van der Waals surface area contributed by atoms with E-state index in [2.05, 4.69) is 27.8 Å². The normalized spacial score (nSPS) is 14.2. The van der Waals surface area contributed by atoms with E-state index in [0.29, 0.717) is 13.1 Å². The summed E-state index contributed by atoms with van der Waals surface area (Å²) in [7, 11) is 0. The first kappa shape index (κ1) is 14.0. The highest BCUT2D eigenvalue weighted by molar-refractivity contribution is 5.83. The van der Waals surface area contributed by atoms with E-state index in [4.69, 9.17) is 0 Å². The van der Waals surface area contributed by atoms with E-state index in [9.17, 15) is 4.79 Å². The van der Waals surface area contributed by atoms with Gasteiger partial charge in [-0.2, -0.15) is 0 Å². The molecule has 6 nitrogen and oxygen atoms in total. The van der Waals surface area contributed by atoms with Crippen LogP contribution in [0.2, 0.25) is 0 Å². The van der Waals surface area contributed by atoms with Gasteiger partial charge in [-0.15, -0.1) is 10.2 Å². The summed E-state index contributed by atoms with van der Waals surface area (Å²) in [4.78, 5) is 14.5. The van der Waals surface area contributed by atoms with Gasteiger partial charge in [-0.25, -0.2) is 0 Å². The fourth-order valence-electron chi connectivity index (χ4n) is 3.22. The summed E-state index contributed by atoms with van der Waals surface area (Å²) in [5, 5.41) is 9.57. The molecule has 0 N–H and O–H groups in total. The molecule has 3 aromatic rings. The fraction of sp³-hybridized carbons (Fsp3) is 0.353. The monoisotopic (exact) mass is 309 g/mol. The first-order valence-electron chi connectivity index (χ1n) is 7.99. The highest BCUT2D eigenvalue weighted by Gasteiger charge is 2.24. The van der Waals surface area contributed by atoms with Gasteiger partial charge in [0.15, 0.2) is 5.82 Å². The first-order chi connectivity index (χ1) is 11.3. The zero-order valence-corrected chi connectivity index (χ0v) is 13.1. The Bertz CT molecular complexity index is 863. The molecule has 0 saturated carbocycles. The third-order valence-electron chi connectivity index (χ3n) is 4.48. The average Bonchev–Trinajstić information content (AvgIpc) is 3.18. The van der Waals surface area contributed by atoms with Crippen LogP contribution >= 0.6 is 0 Å². The van der Waals surface area contributed by atoms with Crippen molar-refractivity contribution >= 4 is 16.8 Å². The zero-order valence-electron chi connectivity index (χ0n) is 13.1. The predicted octanol–water partition coefficient (Wildman–Crippen LogP) is 1.84.